The zero-order valence-corrected chi connectivity index (χ0v) is 25.2. The van der Waals surface area contributed by atoms with Gasteiger partial charge in [-0.15, -0.1) is 0 Å². The number of hydrogen-bond donors (Lipinski definition) is 3. The summed E-state index contributed by atoms with van der Waals surface area (Å²) in [7, 11) is 2.10. The number of benzene rings is 2. The number of hydrogen-bond acceptors (Lipinski definition) is 7. The molecule has 1 saturated heterocycles. The molecule has 3 aromatic rings. The summed E-state index contributed by atoms with van der Waals surface area (Å²) in [6, 6.07) is 21.5. The third-order valence-electron chi connectivity index (χ3n) is 7.50. The lowest BCUT2D eigenvalue weighted by atomic mass is 9.99. The van der Waals surface area contributed by atoms with E-state index in [1.807, 2.05) is 72.9 Å². The number of aliphatic hydroxyl groups excluding tert-OH is 1. The monoisotopic (exact) mass is 588 g/mol. The van der Waals surface area contributed by atoms with Crippen molar-refractivity contribution in [1.82, 2.24) is 15.2 Å². The Morgan fingerprint density at radius 2 is 1.84 bits per heavy atom. The molecule has 2 aromatic carbocycles. The molecule has 0 radical (unpaired) electrons. The summed E-state index contributed by atoms with van der Waals surface area (Å²) < 4.78 is 13.0. The van der Waals surface area contributed by atoms with Crippen molar-refractivity contribution in [3.05, 3.63) is 95.3 Å². The summed E-state index contributed by atoms with van der Waals surface area (Å²) in [5.41, 5.74) is 4.49. The molecule has 0 saturated carbocycles. The number of nitrogens with zero attached hydrogens (tertiary/aromatic N) is 2. The normalized spacial score (nSPS) is 18.4. The van der Waals surface area contributed by atoms with Crippen molar-refractivity contribution in [2.45, 2.75) is 70.6 Å². The van der Waals surface area contributed by atoms with Crippen LogP contribution in [0.15, 0.2) is 72.9 Å². The lowest BCUT2D eigenvalue weighted by Crippen LogP contribution is -2.38. The van der Waals surface area contributed by atoms with Crippen LogP contribution in [-0.2, 0) is 32.1 Å². The second-order valence-corrected chi connectivity index (χ2v) is 11.2. The van der Waals surface area contributed by atoms with E-state index in [0.717, 1.165) is 61.2 Å². The lowest BCUT2D eigenvalue weighted by Gasteiger charge is -2.38. The highest BCUT2D eigenvalue weighted by Gasteiger charge is 2.33. The number of likely N-dealkylation sites (N-methyl/N-ethyl adjacent to an activating group) is 1. The first-order valence-corrected chi connectivity index (χ1v) is 15.1. The lowest BCUT2D eigenvalue weighted by molar-refractivity contribution is -0.252. The highest BCUT2D eigenvalue weighted by atomic mass is 16.7. The van der Waals surface area contributed by atoms with Crippen molar-refractivity contribution >= 4 is 17.5 Å². The SMILES string of the molecule is CC(=O)NCCCCCC(=O)Nc1cccc([C@@H]2O[C@H](CN(C)CCc3ccccn3)C[C@H](c3ccc(CO)cc3)O2)c1. The van der Waals surface area contributed by atoms with Crippen molar-refractivity contribution in [3.8, 4) is 0 Å². The molecule has 2 amide bonds. The van der Waals surface area contributed by atoms with Crippen molar-refractivity contribution in [1.29, 1.82) is 0 Å². The molecule has 1 aliphatic rings. The number of amides is 2. The van der Waals surface area contributed by atoms with Crippen molar-refractivity contribution in [2.24, 2.45) is 0 Å². The molecule has 3 atom stereocenters. The van der Waals surface area contributed by atoms with Crippen molar-refractivity contribution < 1.29 is 24.2 Å². The van der Waals surface area contributed by atoms with Gasteiger partial charge in [0, 0.05) is 69.0 Å². The number of carbonyl (C=O) groups excluding carboxylic acids is 2. The van der Waals surface area contributed by atoms with Crippen LogP contribution in [0, 0.1) is 0 Å². The summed E-state index contributed by atoms with van der Waals surface area (Å²) in [6.07, 6.45) is 5.40. The minimum atomic E-state index is -0.601. The maximum absolute atomic E-state index is 12.6. The quantitative estimate of drug-likeness (QED) is 0.216. The fourth-order valence-electron chi connectivity index (χ4n) is 5.16. The Morgan fingerprint density at radius 3 is 2.58 bits per heavy atom. The zero-order valence-electron chi connectivity index (χ0n) is 25.2. The van der Waals surface area contributed by atoms with Crippen LogP contribution in [0.5, 0.6) is 0 Å². The Kier molecular flexibility index (Phi) is 12.7. The Morgan fingerprint density at radius 1 is 1.00 bits per heavy atom. The number of aliphatic hydroxyl groups is 1. The number of rotatable bonds is 15. The van der Waals surface area contributed by atoms with Gasteiger partial charge < -0.3 is 30.1 Å². The van der Waals surface area contributed by atoms with Gasteiger partial charge in [-0.05, 0) is 55.3 Å². The molecule has 4 rings (SSSR count). The van der Waals surface area contributed by atoms with E-state index >= 15 is 0 Å². The summed E-state index contributed by atoms with van der Waals surface area (Å²) >= 11 is 0. The first kappa shape index (κ1) is 32.3. The first-order valence-electron chi connectivity index (χ1n) is 15.1. The molecule has 1 fully saturated rings. The molecule has 0 unspecified atom stereocenters. The van der Waals surface area contributed by atoms with Crippen molar-refractivity contribution in [2.75, 3.05) is 32.0 Å². The highest BCUT2D eigenvalue weighted by Crippen LogP contribution is 2.38. The predicted octanol–water partition coefficient (Wildman–Crippen LogP) is 4.93. The predicted molar refractivity (Wildman–Crippen MR) is 166 cm³/mol. The van der Waals surface area contributed by atoms with Crippen LogP contribution in [0.4, 0.5) is 5.69 Å². The third-order valence-corrected chi connectivity index (χ3v) is 7.50. The second kappa shape index (κ2) is 16.9. The summed E-state index contributed by atoms with van der Waals surface area (Å²) in [5.74, 6) is -0.0789. The van der Waals surface area contributed by atoms with E-state index in [2.05, 4.69) is 27.6 Å². The number of nitrogens with one attached hydrogen (secondary N) is 2. The van der Waals surface area contributed by atoms with Gasteiger partial charge in [0.05, 0.1) is 18.8 Å². The van der Waals surface area contributed by atoms with E-state index < -0.39 is 6.29 Å². The van der Waals surface area contributed by atoms with Crippen LogP contribution >= 0.6 is 0 Å². The molecule has 230 valence electrons. The largest absolute Gasteiger partial charge is 0.392 e. The Bertz CT molecular complexity index is 1290. The van der Waals surface area contributed by atoms with E-state index in [9.17, 15) is 14.7 Å². The van der Waals surface area contributed by atoms with E-state index in [0.29, 0.717) is 25.1 Å². The van der Waals surface area contributed by atoms with Gasteiger partial charge in [-0.1, -0.05) is 48.9 Å². The first-order chi connectivity index (χ1) is 20.9. The molecule has 1 aliphatic heterocycles. The summed E-state index contributed by atoms with van der Waals surface area (Å²) in [6.45, 7) is 3.72. The number of aromatic nitrogens is 1. The fraction of sp³-hybridized carbons (Fsp3) is 0.441. The molecule has 43 heavy (non-hydrogen) atoms. The van der Waals surface area contributed by atoms with Gasteiger partial charge in [0.25, 0.3) is 0 Å². The van der Waals surface area contributed by atoms with Crippen LogP contribution in [0.1, 0.15) is 73.8 Å². The minimum Gasteiger partial charge on any atom is -0.392 e. The van der Waals surface area contributed by atoms with Crippen molar-refractivity contribution in [3.63, 3.8) is 0 Å². The molecule has 1 aromatic heterocycles. The van der Waals surface area contributed by atoms with Gasteiger partial charge in [0.15, 0.2) is 6.29 Å². The van der Waals surface area contributed by atoms with E-state index in [4.69, 9.17) is 9.47 Å². The number of pyridine rings is 1. The van der Waals surface area contributed by atoms with Gasteiger partial charge in [0.1, 0.15) is 0 Å². The Hall–Kier alpha value is -3.63. The number of unbranched alkanes of at least 4 members (excludes halogenated alkanes) is 2. The van der Waals surface area contributed by atoms with Crippen LogP contribution in [0.25, 0.3) is 0 Å². The van der Waals surface area contributed by atoms with Gasteiger partial charge >= 0.3 is 0 Å². The molecule has 9 nitrogen and oxygen atoms in total. The molecule has 0 aliphatic carbocycles. The highest BCUT2D eigenvalue weighted by molar-refractivity contribution is 5.90. The van der Waals surface area contributed by atoms with E-state index in [-0.39, 0.29) is 30.6 Å². The maximum Gasteiger partial charge on any atom is 0.224 e. The average Bonchev–Trinajstić information content (AvgIpc) is 3.02. The fourth-order valence-corrected chi connectivity index (χ4v) is 5.16. The summed E-state index contributed by atoms with van der Waals surface area (Å²) in [5, 5.41) is 15.3. The molecule has 3 N–H and O–H groups in total. The average molecular weight is 589 g/mol. The molecule has 0 spiro atoms. The summed E-state index contributed by atoms with van der Waals surface area (Å²) in [4.78, 5) is 30.3. The van der Waals surface area contributed by atoms with Gasteiger partial charge in [-0.3, -0.25) is 14.6 Å². The molecular weight excluding hydrogens is 544 g/mol. The van der Waals surface area contributed by atoms with Crippen LogP contribution < -0.4 is 10.6 Å². The van der Waals surface area contributed by atoms with Gasteiger partial charge in [-0.2, -0.15) is 0 Å². The number of ether oxygens (including phenoxy) is 2. The Labute approximate surface area is 254 Å². The topological polar surface area (TPSA) is 113 Å². The smallest absolute Gasteiger partial charge is 0.224 e. The van der Waals surface area contributed by atoms with Crippen LogP contribution in [-0.4, -0.2) is 59.6 Å². The van der Waals surface area contributed by atoms with Gasteiger partial charge in [-0.25, -0.2) is 0 Å². The molecule has 9 heteroatoms. The zero-order chi connectivity index (χ0) is 30.4. The molecule has 2 heterocycles. The van der Waals surface area contributed by atoms with Crippen LogP contribution in [0.3, 0.4) is 0 Å². The molecule has 0 bridgehead atoms. The molecular formula is C34H44N4O5. The van der Waals surface area contributed by atoms with Gasteiger partial charge in [0.2, 0.25) is 11.8 Å². The standard InChI is InChI=1S/C34H44N4O5/c1-25(40)35-18-6-3-4-12-33(41)37-30-11-8-9-28(21-30)34-42-31(23-38(2)20-17-29-10-5-7-19-36-29)22-32(43-34)27-15-13-26(24-39)14-16-27/h5,7-11,13-16,19,21,31-32,34,39H,3-4,6,12,17-18,20,22-24H2,1-2H3,(H,35,40)(H,37,41)/t31-,32+,34+/m0/s1. The number of anilines is 1. The second-order valence-electron chi connectivity index (χ2n) is 11.2. The third kappa shape index (κ3) is 10.9. The van der Waals surface area contributed by atoms with E-state index in [1.165, 1.54) is 6.92 Å². The Balaban J connectivity index is 1.38. The van der Waals surface area contributed by atoms with E-state index in [1.54, 1.807) is 0 Å². The maximum atomic E-state index is 12.6. The number of carbonyl (C=O) groups is 2. The minimum absolute atomic E-state index is 0.00316. The van der Waals surface area contributed by atoms with Crippen LogP contribution in [0.2, 0.25) is 0 Å².